The van der Waals surface area contributed by atoms with Crippen LogP contribution in [0.3, 0.4) is 0 Å². The predicted molar refractivity (Wildman–Crippen MR) is 67.8 cm³/mol. The minimum absolute atomic E-state index is 0.0881. The largest absolute Gasteiger partial charge is 0.354 e. The van der Waals surface area contributed by atoms with Gasteiger partial charge >= 0.3 is 0 Å². The van der Waals surface area contributed by atoms with E-state index in [9.17, 15) is 10.1 Å². The third kappa shape index (κ3) is 7.13. The number of hydrogen-bond acceptors (Lipinski definition) is 3. The fraction of sp³-hybridized carbons (Fsp3) is 0.375. The number of nitro groups is 1. The van der Waals surface area contributed by atoms with E-state index in [1.807, 2.05) is 13.0 Å². The van der Waals surface area contributed by atoms with Crippen molar-refractivity contribution in [2.75, 3.05) is 13.6 Å². The number of hydrazone groups is 1. The number of nitrogens with zero attached hydrogens (tertiary/aromatic N) is 2. The van der Waals surface area contributed by atoms with E-state index in [1.165, 1.54) is 18.8 Å². The van der Waals surface area contributed by atoms with E-state index in [-0.39, 0.29) is 5.96 Å². The van der Waals surface area contributed by atoms with E-state index < -0.39 is 5.03 Å². The Kier molecular flexibility index (Phi) is 7.40. The van der Waals surface area contributed by atoms with Crippen LogP contribution in [0.4, 0.5) is 0 Å². The molecular weight excluding hydrogens is 252 g/mol. The van der Waals surface area contributed by atoms with Crippen LogP contribution in [0.15, 0.2) is 27.0 Å². The highest BCUT2D eigenvalue weighted by Crippen LogP contribution is 2.25. The molecule has 0 heterocycles. The van der Waals surface area contributed by atoms with Crippen LogP contribution in [-0.2, 0) is 0 Å². The van der Waals surface area contributed by atoms with Crippen LogP contribution in [0, 0.1) is 10.1 Å². The second-order valence-corrected chi connectivity index (χ2v) is 4.40. The van der Waals surface area contributed by atoms with Gasteiger partial charge in [0, 0.05) is 18.5 Å². The summed E-state index contributed by atoms with van der Waals surface area (Å²) in [5, 5.41) is 17.8. The van der Waals surface area contributed by atoms with E-state index in [1.54, 1.807) is 0 Å². The van der Waals surface area contributed by atoms with Gasteiger partial charge in [-0.2, -0.15) is 0 Å². The van der Waals surface area contributed by atoms with Crippen molar-refractivity contribution in [2.24, 2.45) is 5.10 Å². The molecule has 0 unspecified atom stereocenters. The Morgan fingerprint density at radius 2 is 2.38 bits per heavy atom. The van der Waals surface area contributed by atoms with Gasteiger partial charge in [0.05, 0.1) is 4.36 Å². The molecule has 0 aliphatic rings. The molecule has 0 radical (unpaired) electrons. The van der Waals surface area contributed by atoms with Gasteiger partial charge in [0.15, 0.2) is 5.03 Å². The minimum atomic E-state index is -0.776. The lowest BCUT2D eigenvalue weighted by Gasteiger charge is -2.08. The number of hydrogen-bond donors (Lipinski definition) is 2. The van der Waals surface area contributed by atoms with E-state index >= 15 is 0 Å². The summed E-state index contributed by atoms with van der Waals surface area (Å²) in [5.74, 6) is 0.0881. The highest BCUT2D eigenvalue weighted by Gasteiger charge is 2.04. The maximum atomic E-state index is 10.1. The van der Waals surface area contributed by atoms with E-state index in [4.69, 9.17) is 11.6 Å². The van der Waals surface area contributed by atoms with Crippen LogP contribution < -0.4 is 10.6 Å². The normalized spacial score (nSPS) is 12.2. The molecule has 0 rings (SSSR count). The summed E-state index contributed by atoms with van der Waals surface area (Å²) in [7, 11) is 1.54. The van der Waals surface area contributed by atoms with Gasteiger partial charge in [0.2, 0.25) is 0 Å². The van der Waals surface area contributed by atoms with Crippen molar-refractivity contribution in [3.8, 4) is 0 Å². The average Bonchev–Trinajstić information content (AvgIpc) is 2.20. The van der Waals surface area contributed by atoms with Gasteiger partial charge in [-0.15, -0.1) is 0 Å². The third-order valence-corrected chi connectivity index (χ3v) is 2.51. The second-order valence-electron chi connectivity index (χ2n) is 2.50. The Hall–Kier alpha value is -1.21. The first-order valence-electron chi connectivity index (χ1n) is 4.31. The maximum absolute atomic E-state index is 10.1. The highest BCUT2D eigenvalue weighted by atomic mass is 35.5. The molecule has 0 aliphatic carbocycles. The van der Waals surface area contributed by atoms with Gasteiger partial charge in [-0.05, 0) is 6.92 Å². The Balaban J connectivity index is 4.29. The Bertz CT molecular complexity index is 330. The Morgan fingerprint density at radius 1 is 1.75 bits per heavy atom. The molecule has 0 atom stereocenters. The standard InChI is InChI=1S/C8H13ClN4O2S/c1-4-7(16-6(2)9)5-11-8(10-3)12-13(14)15/h4H,2,5H2,1,3H3,(H2,10,11,12)/b7-4-. The van der Waals surface area contributed by atoms with Crippen molar-refractivity contribution in [3.63, 3.8) is 0 Å². The fourth-order valence-corrected chi connectivity index (χ4v) is 1.61. The maximum Gasteiger partial charge on any atom is 0.268 e. The predicted octanol–water partition coefficient (Wildman–Crippen LogP) is 1.69. The van der Waals surface area contributed by atoms with Crippen molar-refractivity contribution >= 4 is 29.3 Å². The molecule has 8 heteroatoms. The number of guanidine groups is 1. The van der Waals surface area contributed by atoms with Crippen LogP contribution in [0.1, 0.15) is 6.92 Å². The summed E-state index contributed by atoms with van der Waals surface area (Å²) in [6.45, 7) is 5.77. The molecule has 6 nitrogen and oxygen atoms in total. The van der Waals surface area contributed by atoms with Crippen molar-refractivity contribution in [1.29, 1.82) is 0 Å². The molecule has 0 aromatic heterocycles. The molecular formula is C8H13ClN4O2S. The number of rotatable bonds is 5. The zero-order valence-electron chi connectivity index (χ0n) is 8.99. The molecule has 0 bridgehead atoms. The molecule has 90 valence electrons. The number of allylic oxidation sites excluding steroid dienone is 1. The first-order valence-corrected chi connectivity index (χ1v) is 5.51. The number of thioether (sulfide) groups is 1. The topological polar surface area (TPSA) is 79.6 Å². The SMILES string of the molecule is C=C(Cl)S/C(=C\C)CNC(=N[N+](=O)[O-])NC. The Labute approximate surface area is 103 Å². The van der Waals surface area contributed by atoms with Gasteiger partial charge in [0.1, 0.15) is 5.10 Å². The lowest BCUT2D eigenvalue weighted by Crippen LogP contribution is -2.36. The molecule has 16 heavy (non-hydrogen) atoms. The molecule has 0 saturated heterocycles. The second kappa shape index (κ2) is 8.00. The lowest BCUT2D eigenvalue weighted by molar-refractivity contribution is -0.485. The Morgan fingerprint density at radius 3 is 2.75 bits per heavy atom. The summed E-state index contributed by atoms with van der Waals surface area (Å²) >= 11 is 6.92. The van der Waals surface area contributed by atoms with Crippen LogP contribution >= 0.6 is 23.4 Å². The van der Waals surface area contributed by atoms with Crippen molar-refractivity contribution in [3.05, 3.63) is 32.0 Å². The quantitative estimate of drug-likeness (QED) is 0.342. The number of halogens is 1. The van der Waals surface area contributed by atoms with Crippen LogP contribution in [-0.4, -0.2) is 24.6 Å². The molecule has 0 fully saturated rings. The zero-order valence-corrected chi connectivity index (χ0v) is 10.6. The van der Waals surface area contributed by atoms with Gasteiger partial charge in [0.25, 0.3) is 5.96 Å². The lowest BCUT2D eigenvalue weighted by atomic mass is 10.5. The minimum Gasteiger partial charge on any atom is -0.354 e. The van der Waals surface area contributed by atoms with E-state index in [2.05, 4.69) is 22.3 Å². The summed E-state index contributed by atoms with van der Waals surface area (Å²) in [4.78, 5) is 11.0. The monoisotopic (exact) mass is 264 g/mol. The summed E-state index contributed by atoms with van der Waals surface area (Å²) < 4.78 is 0.437. The first-order chi connectivity index (χ1) is 7.49. The molecule has 2 N–H and O–H groups in total. The number of nitrogens with one attached hydrogen (secondary N) is 2. The van der Waals surface area contributed by atoms with Crippen molar-refractivity contribution in [1.82, 2.24) is 10.6 Å². The fourth-order valence-electron chi connectivity index (χ4n) is 0.766. The van der Waals surface area contributed by atoms with Gasteiger partial charge in [-0.1, -0.05) is 36.0 Å². The molecule has 0 saturated carbocycles. The van der Waals surface area contributed by atoms with Gasteiger partial charge in [-0.25, -0.2) is 10.1 Å². The zero-order chi connectivity index (χ0) is 12.6. The average molecular weight is 265 g/mol. The molecule has 0 spiro atoms. The van der Waals surface area contributed by atoms with Gasteiger partial charge < -0.3 is 10.6 Å². The molecule has 0 amide bonds. The van der Waals surface area contributed by atoms with Crippen LogP contribution in [0.2, 0.25) is 0 Å². The highest BCUT2D eigenvalue weighted by molar-refractivity contribution is 8.08. The molecule has 0 aliphatic heterocycles. The van der Waals surface area contributed by atoms with Crippen molar-refractivity contribution in [2.45, 2.75) is 6.92 Å². The van der Waals surface area contributed by atoms with E-state index in [0.717, 1.165) is 4.91 Å². The molecule has 0 aromatic rings. The summed E-state index contributed by atoms with van der Waals surface area (Å²) in [6.07, 6.45) is 1.84. The summed E-state index contributed by atoms with van der Waals surface area (Å²) in [5.41, 5.74) is 0. The van der Waals surface area contributed by atoms with Crippen molar-refractivity contribution < 1.29 is 5.03 Å². The summed E-state index contributed by atoms with van der Waals surface area (Å²) in [6, 6.07) is 0. The third-order valence-electron chi connectivity index (χ3n) is 1.41. The van der Waals surface area contributed by atoms with E-state index in [0.29, 0.717) is 10.9 Å². The smallest absolute Gasteiger partial charge is 0.268 e. The molecule has 0 aromatic carbocycles. The van der Waals surface area contributed by atoms with Crippen LogP contribution in [0.5, 0.6) is 0 Å². The van der Waals surface area contributed by atoms with Gasteiger partial charge in [-0.3, -0.25) is 0 Å². The van der Waals surface area contributed by atoms with Crippen LogP contribution in [0.25, 0.3) is 0 Å². The first kappa shape index (κ1) is 14.8.